The molecule has 0 radical (unpaired) electrons. The molecular weight excluding hydrogens is 380 g/mol. The Balaban J connectivity index is 1.42. The number of carbonyl (C=O) groups is 3. The third-order valence-corrected chi connectivity index (χ3v) is 7.07. The first-order chi connectivity index (χ1) is 14.5. The van der Waals surface area contributed by atoms with Gasteiger partial charge in [0.05, 0.1) is 6.10 Å². The number of piperidine rings is 1. The van der Waals surface area contributed by atoms with Crippen molar-refractivity contribution in [2.24, 2.45) is 11.8 Å². The lowest BCUT2D eigenvalue weighted by atomic mass is 9.74. The highest BCUT2D eigenvalue weighted by Crippen LogP contribution is 2.38. The van der Waals surface area contributed by atoms with E-state index in [1.807, 2.05) is 18.2 Å². The van der Waals surface area contributed by atoms with Gasteiger partial charge in [-0.25, -0.2) is 0 Å². The Hall–Kier alpha value is -2.37. The molecule has 1 saturated carbocycles. The molecule has 6 heteroatoms. The third kappa shape index (κ3) is 4.09. The number of fused-ring (bicyclic) bond motifs is 1. The second-order valence-corrected chi connectivity index (χ2v) is 8.99. The Bertz CT molecular complexity index is 836. The van der Waals surface area contributed by atoms with E-state index in [1.54, 1.807) is 4.90 Å². The molecule has 1 aromatic carbocycles. The molecule has 1 aliphatic carbocycles. The molecule has 1 aromatic rings. The van der Waals surface area contributed by atoms with E-state index < -0.39 is 6.04 Å². The monoisotopic (exact) mass is 412 g/mol. The summed E-state index contributed by atoms with van der Waals surface area (Å²) < 4.78 is 6.34. The molecule has 4 rings (SSSR count). The van der Waals surface area contributed by atoms with Crippen LogP contribution in [0.4, 0.5) is 0 Å². The van der Waals surface area contributed by atoms with Crippen molar-refractivity contribution in [1.82, 2.24) is 10.2 Å². The van der Waals surface area contributed by atoms with Crippen molar-refractivity contribution in [3.63, 3.8) is 0 Å². The van der Waals surface area contributed by atoms with Crippen molar-refractivity contribution >= 4 is 17.7 Å². The van der Waals surface area contributed by atoms with Crippen LogP contribution in [0.15, 0.2) is 18.2 Å². The Kier molecular flexibility index (Phi) is 6.11. The van der Waals surface area contributed by atoms with E-state index in [2.05, 4.69) is 19.2 Å². The maximum Gasteiger partial charge on any atom is 0.255 e. The predicted molar refractivity (Wildman–Crippen MR) is 113 cm³/mol. The zero-order valence-electron chi connectivity index (χ0n) is 18.0. The molecule has 162 valence electrons. The molecule has 2 heterocycles. The van der Waals surface area contributed by atoms with Gasteiger partial charge in [0.2, 0.25) is 11.8 Å². The van der Waals surface area contributed by atoms with E-state index in [0.29, 0.717) is 18.5 Å². The number of hydrogen-bond acceptors (Lipinski definition) is 4. The average Bonchev–Trinajstić information content (AvgIpc) is 3.05. The van der Waals surface area contributed by atoms with E-state index in [0.717, 1.165) is 36.0 Å². The standard InChI is InChI=1S/C24H32N2O4/c1-3-5-16-6-7-18(12-15(16)4-2)30-19-8-9-20-17(13-19)14-26(24(20)29)21-10-11-22(27)25-23(21)28/h8-9,13,15-16,18,21H,3-7,10-12,14H2,1-2H3,(H,25,27,28)/t15?,16-,18+,21?/m0/s1. The highest BCUT2D eigenvalue weighted by Gasteiger charge is 2.39. The summed E-state index contributed by atoms with van der Waals surface area (Å²) in [5.74, 6) is 1.56. The molecule has 30 heavy (non-hydrogen) atoms. The van der Waals surface area contributed by atoms with Crippen LogP contribution in [0.5, 0.6) is 5.75 Å². The summed E-state index contributed by atoms with van der Waals surface area (Å²) in [6.45, 7) is 4.93. The second kappa shape index (κ2) is 8.78. The lowest BCUT2D eigenvalue weighted by molar-refractivity contribution is -0.136. The van der Waals surface area contributed by atoms with E-state index in [-0.39, 0.29) is 30.2 Å². The van der Waals surface area contributed by atoms with E-state index >= 15 is 0 Å². The molecule has 1 N–H and O–H groups in total. The van der Waals surface area contributed by atoms with Crippen LogP contribution in [0.2, 0.25) is 0 Å². The van der Waals surface area contributed by atoms with Gasteiger partial charge in [-0.15, -0.1) is 0 Å². The van der Waals surface area contributed by atoms with Crippen LogP contribution in [-0.4, -0.2) is 34.8 Å². The first kappa shape index (κ1) is 20.9. The van der Waals surface area contributed by atoms with Crippen molar-refractivity contribution in [1.29, 1.82) is 0 Å². The fourth-order valence-corrected chi connectivity index (χ4v) is 5.46. The highest BCUT2D eigenvalue weighted by atomic mass is 16.5. The van der Waals surface area contributed by atoms with Crippen molar-refractivity contribution in [2.75, 3.05) is 0 Å². The number of hydrogen-bond donors (Lipinski definition) is 1. The summed E-state index contributed by atoms with van der Waals surface area (Å²) in [6, 6.07) is 5.08. The van der Waals surface area contributed by atoms with Gasteiger partial charge >= 0.3 is 0 Å². The van der Waals surface area contributed by atoms with Gasteiger partial charge in [0.25, 0.3) is 5.91 Å². The second-order valence-electron chi connectivity index (χ2n) is 8.99. The Morgan fingerprint density at radius 3 is 2.67 bits per heavy atom. The molecule has 1 saturated heterocycles. The number of carbonyl (C=O) groups excluding carboxylic acids is 3. The van der Waals surface area contributed by atoms with E-state index in [1.165, 1.54) is 25.7 Å². The van der Waals surface area contributed by atoms with E-state index in [4.69, 9.17) is 4.74 Å². The lowest BCUT2D eigenvalue weighted by Crippen LogP contribution is -2.52. The first-order valence-corrected chi connectivity index (χ1v) is 11.4. The smallest absolute Gasteiger partial charge is 0.255 e. The zero-order valence-corrected chi connectivity index (χ0v) is 18.0. The summed E-state index contributed by atoms with van der Waals surface area (Å²) in [5.41, 5.74) is 1.53. The Labute approximate surface area is 178 Å². The quantitative estimate of drug-likeness (QED) is 0.721. The number of imide groups is 1. The maximum atomic E-state index is 12.8. The fraction of sp³-hybridized carbons (Fsp3) is 0.625. The van der Waals surface area contributed by atoms with Gasteiger partial charge in [-0.05, 0) is 61.3 Å². The summed E-state index contributed by atoms with van der Waals surface area (Å²) >= 11 is 0. The third-order valence-electron chi connectivity index (χ3n) is 7.07. The number of rotatable bonds is 6. The van der Waals surface area contributed by atoms with Gasteiger partial charge in [-0.2, -0.15) is 0 Å². The molecule has 4 atom stereocenters. The summed E-state index contributed by atoms with van der Waals surface area (Å²) in [6.07, 6.45) is 8.03. The topological polar surface area (TPSA) is 75.7 Å². The highest BCUT2D eigenvalue weighted by molar-refractivity contribution is 6.05. The molecule has 3 aliphatic rings. The van der Waals surface area contributed by atoms with Crippen LogP contribution < -0.4 is 10.1 Å². The molecule has 0 bridgehead atoms. The Morgan fingerprint density at radius 2 is 1.93 bits per heavy atom. The molecule has 6 nitrogen and oxygen atoms in total. The van der Waals surface area contributed by atoms with Gasteiger partial charge in [-0.1, -0.05) is 33.1 Å². The zero-order chi connectivity index (χ0) is 21.3. The molecule has 0 spiro atoms. The number of benzene rings is 1. The fourth-order valence-electron chi connectivity index (χ4n) is 5.46. The van der Waals surface area contributed by atoms with Crippen LogP contribution in [0.3, 0.4) is 0 Å². The van der Waals surface area contributed by atoms with Crippen molar-refractivity contribution in [3.8, 4) is 5.75 Å². The van der Waals surface area contributed by atoms with Gasteiger partial charge in [0.15, 0.2) is 0 Å². The number of nitrogens with one attached hydrogen (secondary N) is 1. The van der Waals surface area contributed by atoms with Gasteiger partial charge in [0, 0.05) is 18.5 Å². The van der Waals surface area contributed by atoms with Crippen LogP contribution >= 0.6 is 0 Å². The molecule has 0 aromatic heterocycles. The molecule has 2 aliphatic heterocycles. The number of ether oxygens (including phenoxy) is 1. The van der Waals surface area contributed by atoms with Crippen LogP contribution in [0.1, 0.15) is 81.1 Å². The molecule has 2 unspecified atom stereocenters. The first-order valence-electron chi connectivity index (χ1n) is 11.4. The van der Waals surface area contributed by atoms with Crippen molar-refractivity contribution in [3.05, 3.63) is 29.3 Å². The van der Waals surface area contributed by atoms with Crippen molar-refractivity contribution < 1.29 is 19.1 Å². The number of amides is 3. The molecular formula is C24H32N2O4. The van der Waals surface area contributed by atoms with Crippen molar-refractivity contribution in [2.45, 2.75) is 83.9 Å². The molecule has 3 amide bonds. The molecule has 2 fully saturated rings. The lowest BCUT2D eigenvalue weighted by Gasteiger charge is -2.36. The van der Waals surface area contributed by atoms with E-state index in [9.17, 15) is 14.4 Å². The average molecular weight is 413 g/mol. The van der Waals surface area contributed by atoms with Gasteiger partial charge < -0.3 is 9.64 Å². The minimum absolute atomic E-state index is 0.142. The van der Waals surface area contributed by atoms with Crippen LogP contribution in [-0.2, 0) is 16.1 Å². The van der Waals surface area contributed by atoms with Crippen LogP contribution in [0, 0.1) is 11.8 Å². The Morgan fingerprint density at radius 1 is 1.10 bits per heavy atom. The minimum Gasteiger partial charge on any atom is -0.490 e. The van der Waals surface area contributed by atoms with Gasteiger partial charge in [-0.3, -0.25) is 19.7 Å². The predicted octanol–water partition coefficient (Wildman–Crippen LogP) is 3.82. The summed E-state index contributed by atoms with van der Waals surface area (Å²) in [7, 11) is 0. The van der Waals surface area contributed by atoms with Gasteiger partial charge in [0.1, 0.15) is 11.8 Å². The summed E-state index contributed by atoms with van der Waals surface area (Å²) in [4.78, 5) is 38.0. The normalized spacial score (nSPS) is 29.0. The minimum atomic E-state index is -0.578. The largest absolute Gasteiger partial charge is 0.490 e. The SMILES string of the molecule is CCC[C@H]1CC[C@@H](Oc2ccc3c(c2)CN(C2CCC(=O)NC2=O)C3=O)CC1CC. The number of nitrogens with zero attached hydrogens (tertiary/aromatic N) is 1. The maximum absolute atomic E-state index is 12.8. The summed E-state index contributed by atoms with van der Waals surface area (Å²) in [5, 5.41) is 2.34. The van der Waals surface area contributed by atoms with Crippen LogP contribution in [0.25, 0.3) is 0 Å².